The number of aliphatic hydroxyl groups is 1. The Labute approximate surface area is 502 Å². The van der Waals surface area contributed by atoms with E-state index in [1.54, 1.807) is 65.0 Å². The van der Waals surface area contributed by atoms with E-state index in [0.29, 0.717) is 18.4 Å². The number of carbonyl (C=O) groups excluding carboxylic acids is 10. The second kappa shape index (κ2) is 31.5. The van der Waals surface area contributed by atoms with Crippen LogP contribution in [0.4, 0.5) is 4.79 Å². The number of carbonyl (C=O) groups is 10. The number of cyclic esters (lactones) is 1. The molecule has 22 nitrogen and oxygen atoms in total. The SMILES string of the molecule is CCCC(=O)N[C@@H](CCC(=O)NC(c1ccccc1)(c1ccccc1)c1ccccc1)C(=O)N[C@@H]1C(=O)N[C@@H](CCCNC(N)=O)C(=O)N[C@H]2CC[C@@H](O)N(C2=O)[C@@H]([C@@H](C)CC)C(=O)N(C)[C@@H](Cc2ccccc2)C(=O)NC(C(C)C)C(=O)O[C@@H]1C. The minimum atomic E-state index is -1.86. The molecule has 0 aromatic heterocycles. The molecule has 0 spiro atoms. The van der Waals surface area contributed by atoms with Gasteiger partial charge in [0.05, 0.1) is 0 Å². The Kier molecular flexibility index (Phi) is 24.3. The Morgan fingerprint density at radius 1 is 0.733 bits per heavy atom. The molecule has 0 radical (unpaired) electrons. The fourth-order valence-electron chi connectivity index (χ4n) is 11.0. The molecule has 0 saturated carbocycles. The van der Waals surface area contributed by atoms with Crippen molar-refractivity contribution < 1.29 is 57.8 Å². The van der Waals surface area contributed by atoms with Crippen molar-refractivity contribution in [2.45, 2.75) is 166 Å². The molecular formula is C64H84N10O12. The van der Waals surface area contributed by atoms with Crippen molar-refractivity contribution in [2.75, 3.05) is 13.6 Å². The van der Waals surface area contributed by atoms with Crippen LogP contribution in [-0.2, 0) is 59.8 Å². The maximum atomic E-state index is 15.0. The second-order valence-electron chi connectivity index (χ2n) is 22.5. The molecule has 1 unspecified atom stereocenters. The van der Waals surface area contributed by atoms with Gasteiger partial charge in [-0.05, 0) is 79.5 Å². The number of hydrogen-bond donors (Lipinski definition) is 9. The van der Waals surface area contributed by atoms with E-state index in [1.807, 2.05) is 91.0 Å². The van der Waals surface area contributed by atoms with Crippen LogP contribution in [0.15, 0.2) is 121 Å². The number of amides is 10. The zero-order valence-electron chi connectivity index (χ0n) is 50.1. The van der Waals surface area contributed by atoms with Crippen molar-refractivity contribution in [3.05, 3.63) is 144 Å². The third-order valence-electron chi connectivity index (χ3n) is 15.9. The fourth-order valence-corrected chi connectivity index (χ4v) is 11.0. The number of nitrogens with one attached hydrogen (secondary N) is 7. The van der Waals surface area contributed by atoms with Gasteiger partial charge >= 0.3 is 12.0 Å². The number of likely N-dealkylation sites (N-methyl/N-ethyl adjacent to an activating group) is 1. The summed E-state index contributed by atoms with van der Waals surface area (Å²) in [7, 11) is 1.40. The maximum absolute atomic E-state index is 15.0. The molecule has 6 rings (SSSR count). The van der Waals surface area contributed by atoms with Crippen molar-refractivity contribution in [1.82, 2.24) is 47.0 Å². The summed E-state index contributed by atoms with van der Waals surface area (Å²) in [5.41, 5.74) is 6.96. The molecule has 4 aromatic carbocycles. The largest absolute Gasteiger partial charge is 0.458 e. The summed E-state index contributed by atoms with van der Waals surface area (Å²) in [6, 6.07) is 25.8. The van der Waals surface area contributed by atoms with Crippen molar-refractivity contribution >= 4 is 59.3 Å². The van der Waals surface area contributed by atoms with Crippen molar-refractivity contribution in [1.29, 1.82) is 0 Å². The molecule has 2 fully saturated rings. The molecule has 2 aliphatic heterocycles. The number of urea groups is 1. The Bertz CT molecular complexity index is 2880. The predicted octanol–water partition coefficient (Wildman–Crippen LogP) is 3.57. The quantitative estimate of drug-likeness (QED) is 0.0329. The summed E-state index contributed by atoms with van der Waals surface area (Å²) in [6.07, 6.45) is -3.36. The summed E-state index contributed by atoms with van der Waals surface area (Å²) in [4.78, 5) is 146. The summed E-state index contributed by atoms with van der Waals surface area (Å²) in [6.45, 7) is 9.82. The number of ether oxygens (including phenoxy) is 1. The second-order valence-corrected chi connectivity index (χ2v) is 22.5. The van der Waals surface area contributed by atoms with Gasteiger partial charge < -0.3 is 62.6 Å². The summed E-state index contributed by atoms with van der Waals surface area (Å²) in [5.74, 6) is -8.59. The molecule has 10 N–H and O–H groups in total. The molecular weight excluding hydrogens is 1100 g/mol. The maximum Gasteiger partial charge on any atom is 0.329 e. The van der Waals surface area contributed by atoms with Gasteiger partial charge in [0.25, 0.3) is 0 Å². The normalized spacial score (nSPS) is 22.5. The Morgan fingerprint density at radius 2 is 1.30 bits per heavy atom. The number of nitrogens with zero attached hydrogens (tertiary/aromatic N) is 2. The van der Waals surface area contributed by atoms with E-state index in [9.17, 15) is 43.5 Å². The number of rotatable bonds is 21. The summed E-state index contributed by atoms with van der Waals surface area (Å²) >= 11 is 0. The number of benzene rings is 4. The topological polar surface area (TPSA) is 317 Å². The lowest BCUT2D eigenvalue weighted by Gasteiger charge is -2.44. The Morgan fingerprint density at radius 3 is 1.84 bits per heavy atom. The lowest BCUT2D eigenvalue weighted by molar-refractivity contribution is -0.168. The molecule has 2 aliphatic rings. The number of primary amides is 1. The van der Waals surface area contributed by atoms with Crippen LogP contribution in [-0.4, -0.2) is 142 Å². The third-order valence-corrected chi connectivity index (χ3v) is 15.9. The van der Waals surface area contributed by atoms with Gasteiger partial charge in [-0.3, -0.25) is 38.4 Å². The van der Waals surface area contributed by atoms with Crippen LogP contribution >= 0.6 is 0 Å². The van der Waals surface area contributed by atoms with Crippen LogP contribution < -0.4 is 43.0 Å². The van der Waals surface area contributed by atoms with E-state index in [4.69, 9.17) is 10.5 Å². The highest BCUT2D eigenvalue weighted by molar-refractivity contribution is 5.98. The van der Waals surface area contributed by atoms with Crippen LogP contribution in [0, 0.1) is 11.8 Å². The number of nitrogens with two attached hydrogens (primary N) is 1. The molecule has 0 aliphatic carbocycles. The average molecular weight is 1190 g/mol. The first kappa shape index (κ1) is 66.5. The van der Waals surface area contributed by atoms with E-state index in [1.165, 1.54) is 18.9 Å². The monoisotopic (exact) mass is 1180 g/mol. The van der Waals surface area contributed by atoms with Gasteiger partial charge in [0, 0.05) is 32.9 Å². The molecule has 2 heterocycles. The summed E-state index contributed by atoms with van der Waals surface area (Å²) in [5, 5.41) is 30.8. The standard InChI is InChI=1S/C64H84N10O12/c1-8-23-50(75)67-47(33-35-51(76)72-64(43-26-16-11-17-27-43,44-28-18-12-19-29-44)45-30-20-13-21-31-45)57(79)71-54-41(6)86-62(84)53(39(3)4)70-58(80)49(38-42-24-14-10-15-25-42)73(7)61(83)55(40(5)9-2)74-52(77)36-34-48(60(74)82)69-56(78)46(68-59(54)81)32-22-37-66-63(65)85/h10-21,24-31,39-41,46-49,52-55,77H,8-9,22-23,32-38H2,1-7H3,(H,67,75)(H,68,81)(H,69,78)(H,70,80)(H,71,79)(H,72,76)(H3,65,66,85)/t40-,41+,46-,47-,48-,49-,52+,53?,54-,55-/m0/s1. The van der Waals surface area contributed by atoms with Crippen molar-refractivity contribution in [3.63, 3.8) is 0 Å². The highest BCUT2D eigenvalue weighted by Gasteiger charge is 2.47. The molecule has 10 amide bonds. The molecule has 462 valence electrons. The minimum Gasteiger partial charge on any atom is -0.458 e. The van der Waals surface area contributed by atoms with Crippen LogP contribution in [0.3, 0.4) is 0 Å². The molecule has 2 bridgehead atoms. The molecule has 22 heteroatoms. The Balaban J connectivity index is 1.40. The first-order valence-electron chi connectivity index (χ1n) is 29.6. The van der Waals surface area contributed by atoms with Gasteiger partial charge in [-0.25, -0.2) is 9.59 Å². The number of piperidine rings is 1. The summed E-state index contributed by atoms with van der Waals surface area (Å²) < 4.78 is 6.03. The predicted molar refractivity (Wildman–Crippen MR) is 320 cm³/mol. The van der Waals surface area contributed by atoms with Crippen LogP contribution in [0.2, 0.25) is 0 Å². The number of fused-ring (bicyclic) bond motifs is 2. The van der Waals surface area contributed by atoms with Crippen LogP contribution in [0.5, 0.6) is 0 Å². The zero-order valence-corrected chi connectivity index (χ0v) is 50.1. The van der Waals surface area contributed by atoms with E-state index in [-0.39, 0.29) is 57.9 Å². The van der Waals surface area contributed by atoms with Gasteiger partial charge in [0.1, 0.15) is 60.2 Å². The van der Waals surface area contributed by atoms with Crippen LogP contribution in [0.1, 0.15) is 122 Å². The van der Waals surface area contributed by atoms with E-state index < -0.39 is 131 Å². The molecule has 86 heavy (non-hydrogen) atoms. The highest BCUT2D eigenvalue weighted by atomic mass is 16.5. The molecule has 2 saturated heterocycles. The minimum absolute atomic E-state index is 0.00852. The van der Waals surface area contributed by atoms with Gasteiger partial charge in [0.2, 0.25) is 47.3 Å². The first-order valence-corrected chi connectivity index (χ1v) is 29.6. The molecule has 10 atom stereocenters. The third kappa shape index (κ3) is 17.0. The molecule has 4 aromatic rings. The highest BCUT2D eigenvalue weighted by Crippen LogP contribution is 2.37. The smallest absolute Gasteiger partial charge is 0.329 e. The van der Waals surface area contributed by atoms with Crippen molar-refractivity contribution in [3.8, 4) is 0 Å². The zero-order chi connectivity index (χ0) is 62.7. The average Bonchev–Trinajstić information content (AvgIpc) is 1.43. The van der Waals surface area contributed by atoms with Gasteiger partial charge in [-0.15, -0.1) is 0 Å². The van der Waals surface area contributed by atoms with E-state index in [0.717, 1.165) is 21.6 Å². The Hall–Kier alpha value is -8.66. The lowest BCUT2D eigenvalue weighted by atomic mass is 9.77. The number of aliphatic hydroxyl groups excluding tert-OH is 1. The lowest BCUT2D eigenvalue weighted by Crippen LogP contribution is -2.66. The van der Waals surface area contributed by atoms with Gasteiger partial charge in [-0.2, -0.15) is 0 Å². The van der Waals surface area contributed by atoms with Crippen molar-refractivity contribution in [2.24, 2.45) is 17.6 Å². The van der Waals surface area contributed by atoms with Gasteiger partial charge in [-0.1, -0.05) is 162 Å². The van der Waals surface area contributed by atoms with E-state index >= 15 is 9.59 Å². The number of hydrogen-bond acceptors (Lipinski definition) is 12. The van der Waals surface area contributed by atoms with Gasteiger partial charge in [0.15, 0.2) is 0 Å². The fraction of sp³-hybridized carbons (Fsp3) is 0.469. The van der Waals surface area contributed by atoms with Crippen LogP contribution in [0.25, 0.3) is 0 Å². The van der Waals surface area contributed by atoms with E-state index in [2.05, 4.69) is 37.2 Å². The number of esters is 1. The first-order chi connectivity index (χ1) is 41.1.